The molecule has 0 aliphatic heterocycles. The Morgan fingerprint density at radius 1 is 1.04 bits per heavy atom. The smallest absolute Gasteiger partial charge is 0.230 e. The summed E-state index contributed by atoms with van der Waals surface area (Å²) in [6.07, 6.45) is 0. The zero-order chi connectivity index (χ0) is 16.9. The van der Waals surface area contributed by atoms with Crippen LogP contribution in [0.1, 0.15) is 18.4 Å². The summed E-state index contributed by atoms with van der Waals surface area (Å²) in [6, 6.07) is 11.4. The first-order valence-corrected chi connectivity index (χ1v) is 7.69. The standard InChI is InChI=1S/C17H19N5O2/c1-4-23-14-8-6-5-7-13(14)19-15-9-11(2)18-17(20-15)21-16-10-12(3)24-22-16/h5-10H,4H2,1-3H3,(H2,18,19,20,21,22). The predicted octanol–water partition coefficient (Wildman–Crippen LogP) is 3.97. The van der Waals surface area contributed by atoms with Crippen LogP contribution >= 0.6 is 0 Å². The lowest BCUT2D eigenvalue weighted by Crippen LogP contribution is -2.03. The van der Waals surface area contributed by atoms with Crippen LogP contribution in [0, 0.1) is 13.8 Å². The summed E-state index contributed by atoms with van der Waals surface area (Å²) in [5, 5.41) is 10.2. The maximum atomic E-state index is 5.62. The topological polar surface area (TPSA) is 85.1 Å². The van der Waals surface area contributed by atoms with Crippen LogP contribution in [-0.4, -0.2) is 21.7 Å². The van der Waals surface area contributed by atoms with Crippen LogP contribution in [0.4, 0.5) is 23.3 Å². The summed E-state index contributed by atoms with van der Waals surface area (Å²) >= 11 is 0. The number of hydrogen-bond acceptors (Lipinski definition) is 7. The number of benzene rings is 1. The number of hydrogen-bond donors (Lipinski definition) is 2. The van der Waals surface area contributed by atoms with Gasteiger partial charge in [0.05, 0.1) is 12.3 Å². The van der Waals surface area contributed by atoms with Crippen LogP contribution in [0.3, 0.4) is 0 Å². The Kier molecular flexibility index (Phi) is 4.60. The van der Waals surface area contributed by atoms with E-state index in [4.69, 9.17) is 9.26 Å². The zero-order valence-corrected chi connectivity index (χ0v) is 13.8. The quantitative estimate of drug-likeness (QED) is 0.709. The minimum atomic E-state index is 0.444. The molecule has 2 heterocycles. The maximum absolute atomic E-state index is 5.62. The van der Waals surface area contributed by atoms with Crippen LogP contribution in [0.5, 0.6) is 5.75 Å². The van der Waals surface area contributed by atoms with E-state index < -0.39 is 0 Å². The van der Waals surface area contributed by atoms with Crippen LogP contribution in [0.25, 0.3) is 0 Å². The molecule has 7 heteroatoms. The zero-order valence-electron chi connectivity index (χ0n) is 13.8. The van der Waals surface area contributed by atoms with Crippen molar-refractivity contribution in [3.05, 3.63) is 47.9 Å². The third kappa shape index (κ3) is 3.81. The molecule has 0 saturated carbocycles. The highest BCUT2D eigenvalue weighted by Gasteiger charge is 2.08. The van der Waals surface area contributed by atoms with Gasteiger partial charge in [-0.1, -0.05) is 17.3 Å². The molecule has 0 unspecified atom stereocenters. The third-order valence-electron chi connectivity index (χ3n) is 3.17. The molecule has 0 fully saturated rings. The van der Waals surface area contributed by atoms with Gasteiger partial charge in [-0.3, -0.25) is 0 Å². The highest BCUT2D eigenvalue weighted by molar-refractivity contribution is 5.65. The molecule has 124 valence electrons. The number of anilines is 4. The fourth-order valence-electron chi connectivity index (χ4n) is 2.22. The van der Waals surface area contributed by atoms with Gasteiger partial charge in [-0.2, -0.15) is 4.98 Å². The Labute approximate surface area is 140 Å². The van der Waals surface area contributed by atoms with Gasteiger partial charge in [-0.05, 0) is 32.9 Å². The molecule has 0 atom stereocenters. The van der Waals surface area contributed by atoms with Gasteiger partial charge in [-0.25, -0.2) is 4.98 Å². The average molecular weight is 325 g/mol. The number of nitrogens with zero attached hydrogens (tertiary/aromatic N) is 3. The van der Waals surface area contributed by atoms with E-state index in [9.17, 15) is 0 Å². The van der Waals surface area contributed by atoms with E-state index >= 15 is 0 Å². The highest BCUT2D eigenvalue weighted by Crippen LogP contribution is 2.27. The van der Waals surface area contributed by atoms with E-state index in [1.807, 2.05) is 51.1 Å². The van der Waals surface area contributed by atoms with Gasteiger partial charge < -0.3 is 19.9 Å². The molecule has 2 N–H and O–H groups in total. The van der Waals surface area contributed by atoms with E-state index in [-0.39, 0.29) is 0 Å². The fourth-order valence-corrected chi connectivity index (χ4v) is 2.22. The van der Waals surface area contributed by atoms with Crippen LogP contribution in [-0.2, 0) is 0 Å². The largest absolute Gasteiger partial charge is 0.492 e. The summed E-state index contributed by atoms with van der Waals surface area (Å²) in [4.78, 5) is 8.83. The van der Waals surface area contributed by atoms with Crippen molar-refractivity contribution in [3.63, 3.8) is 0 Å². The second kappa shape index (κ2) is 6.99. The molecule has 0 aliphatic carbocycles. The number of para-hydroxylation sites is 2. The van der Waals surface area contributed by atoms with Crippen LogP contribution in [0.2, 0.25) is 0 Å². The van der Waals surface area contributed by atoms with Crippen molar-refractivity contribution in [2.75, 3.05) is 17.2 Å². The third-order valence-corrected chi connectivity index (χ3v) is 3.17. The van der Waals surface area contributed by atoms with Crippen molar-refractivity contribution in [2.45, 2.75) is 20.8 Å². The molecule has 1 aromatic carbocycles. The highest BCUT2D eigenvalue weighted by atomic mass is 16.5. The van der Waals surface area contributed by atoms with Gasteiger partial charge in [0.2, 0.25) is 5.95 Å². The Morgan fingerprint density at radius 3 is 2.62 bits per heavy atom. The van der Waals surface area contributed by atoms with Crippen molar-refractivity contribution in [2.24, 2.45) is 0 Å². The summed E-state index contributed by atoms with van der Waals surface area (Å²) in [5.74, 6) is 3.17. The maximum Gasteiger partial charge on any atom is 0.230 e. The Hall–Kier alpha value is -3.09. The van der Waals surface area contributed by atoms with Crippen LogP contribution in [0.15, 0.2) is 40.9 Å². The molecule has 0 bridgehead atoms. The first kappa shape index (κ1) is 15.8. The lowest BCUT2D eigenvalue weighted by molar-refractivity contribution is 0.342. The molecule has 2 aromatic heterocycles. The van der Waals surface area contributed by atoms with Crippen LogP contribution < -0.4 is 15.4 Å². The molecule has 3 rings (SSSR count). The molecule has 24 heavy (non-hydrogen) atoms. The molecule has 0 saturated heterocycles. The normalized spacial score (nSPS) is 10.5. The average Bonchev–Trinajstić information content (AvgIpc) is 2.94. The molecule has 0 radical (unpaired) electrons. The lowest BCUT2D eigenvalue weighted by atomic mass is 10.3. The van der Waals surface area contributed by atoms with Crippen molar-refractivity contribution in [3.8, 4) is 5.75 Å². The molecule has 0 amide bonds. The second-order valence-corrected chi connectivity index (χ2v) is 5.22. The number of aryl methyl sites for hydroxylation is 2. The SMILES string of the molecule is CCOc1ccccc1Nc1cc(C)nc(Nc2cc(C)on2)n1. The van der Waals surface area contributed by atoms with E-state index in [0.717, 1.165) is 17.1 Å². The molecular formula is C17H19N5O2. The summed E-state index contributed by atoms with van der Waals surface area (Å²) in [6.45, 7) is 6.28. The second-order valence-electron chi connectivity index (χ2n) is 5.22. The van der Waals surface area contributed by atoms with Crippen molar-refractivity contribution in [1.82, 2.24) is 15.1 Å². The van der Waals surface area contributed by atoms with E-state index in [1.54, 1.807) is 6.07 Å². The van der Waals surface area contributed by atoms with Crippen molar-refractivity contribution < 1.29 is 9.26 Å². The minimum Gasteiger partial charge on any atom is -0.492 e. The first-order valence-electron chi connectivity index (χ1n) is 7.69. The number of aromatic nitrogens is 3. The fraction of sp³-hybridized carbons (Fsp3) is 0.235. The van der Waals surface area contributed by atoms with Gasteiger partial charge in [-0.15, -0.1) is 0 Å². The first-order chi connectivity index (χ1) is 11.6. The van der Waals surface area contributed by atoms with Crippen molar-refractivity contribution >= 4 is 23.3 Å². The summed E-state index contributed by atoms with van der Waals surface area (Å²) < 4.78 is 10.7. The summed E-state index contributed by atoms with van der Waals surface area (Å²) in [7, 11) is 0. The minimum absolute atomic E-state index is 0.444. The van der Waals surface area contributed by atoms with Crippen molar-refractivity contribution in [1.29, 1.82) is 0 Å². The molecular weight excluding hydrogens is 306 g/mol. The Balaban J connectivity index is 1.84. The Morgan fingerprint density at radius 2 is 1.88 bits per heavy atom. The molecule has 0 spiro atoms. The molecule has 3 aromatic rings. The number of rotatable bonds is 6. The lowest BCUT2D eigenvalue weighted by Gasteiger charge is -2.12. The van der Waals surface area contributed by atoms with Gasteiger partial charge in [0.25, 0.3) is 0 Å². The molecule has 7 nitrogen and oxygen atoms in total. The number of nitrogens with one attached hydrogen (secondary N) is 2. The Bertz CT molecular complexity index is 831. The predicted molar refractivity (Wildman–Crippen MR) is 92.2 cm³/mol. The van der Waals surface area contributed by atoms with Gasteiger partial charge in [0.1, 0.15) is 17.3 Å². The van der Waals surface area contributed by atoms with E-state index in [1.165, 1.54) is 0 Å². The monoisotopic (exact) mass is 325 g/mol. The van der Waals surface area contributed by atoms with Gasteiger partial charge in [0.15, 0.2) is 5.82 Å². The van der Waals surface area contributed by atoms with E-state index in [0.29, 0.717) is 30.0 Å². The van der Waals surface area contributed by atoms with Gasteiger partial charge in [0, 0.05) is 17.8 Å². The van der Waals surface area contributed by atoms with E-state index in [2.05, 4.69) is 25.8 Å². The van der Waals surface area contributed by atoms with Gasteiger partial charge >= 0.3 is 0 Å². The number of ether oxygens (including phenoxy) is 1. The summed E-state index contributed by atoms with van der Waals surface area (Å²) in [5.41, 5.74) is 1.67. The molecule has 0 aliphatic rings.